The summed E-state index contributed by atoms with van der Waals surface area (Å²) in [6.45, 7) is 4.71. The van der Waals surface area contributed by atoms with Gasteiger partial charge in [-0.1, -0.05) is 0 Å². The second kappa shape index (κ2) is 5.04. The predicted octanol–water partition coefficient (Wildman–Crippen LogP) is 0.869. The van der Waals surface area contributed by atoms with Gasteiger partial charge in [0, 0.05) is 24.9 Å². The average molecular weight is 231 g/mol. The van der Waals surface area contributed by atoms with Crippen LogP contribution in [0.25, 0.3) is 0 Å². The Morgan fingerprint density at radius 3 is 3.13 bits per heavy atom. The third-order valence-electron chi connectivity index (χ3n) is 3.51. The molecule has 3 unspecified atom stereocenters. The first kappa shape index (κ1) is 11.7. The summed E-state index contributed by atoms with van der Waals surface area (Å²) in [6, 6.07) is 0.460. The lowest BCUT2D eigenvalue weighted by Crippen LogP contribution is -2.46. The molecule has 0 saturated carbocycles. The van der Waals surface area contributed by atoms with Gasteiger partial charge in [-0.25, -0.2) is 0 Å². The van der Waals surface area contributed by atoms with Gasteiger partial charge in [-0.05, 0) is 31.4 Å². The zero-order chi connectivity index (χ0) is 10.7. The smallest absolute Gasteiger partial charge is 0.0869 e. The summed E-state index contributed by atoms with van der Waals surface area (Å²) in [4.78, 5) is 0. The molecule has 0 spiro atoms. The molecule has 3 atom stereocenters. The maximum Gasteiger partial charge on any atom is 0.0869 e. The van der Waals surface area contributed by atoms with E-state index in [2.05, 4.69) is 12.2 Å². The van der Waals surface area contributed by atoms with Crippen molar-refractivity contribution in [2.75, 3.05) is 31.3 Å². The normalized spacial score (nSPS) is 38.4. The van der Waals surface area contributed by atoms with E-state index < -0.39 is 5.60 Å². The summed E-state index contributed by atoms with van der Waals surface area (Å²) < 4.78 is 5.37. The molecule has 4 heteroatoms. The highest BCUT2D eigenvalue weighted by Crippen LogP contribution is 2.27. The van der Waals surface area contributed by atoms with Crippen LogP contribution in [0.3, 0.4) is 0 Å². The Morgan fingerprint density at radius 2 is 2.53 bits per heavy atom. The monoisotopic (exact) mass is 231 g/mol. The van der Waals surface area contributed by atoms with E-state index in [0.717, 1.165) is 44.1 Å². The van der Waals surface area contributed by atoms with Gasteiger partial charge in [0.05, 0.1) is 12.2 Å². The van der Waals surface area contributed by atoms with Crippen molar-refractivity contribution in [3.63, 3.8) is 0 Å². The van der Waals surface area contributed by atoms with Gasteiger partial charge in [0.1, 0.15) is 0 Å². The fraction of sp³-hybridized carbons (Fsp3) is 1.00. The molecule has 2 rings (SSSR count). The Morgan fingerprint density at radius 1 is 1.67 bits per heavy atom. The van der Waals surface area contributed by atoms with Crippen molar-refractivity contribution < 1.29 is 9.84 Å². The maximum absolute atomic E-state index is 10.2. The molecular weight excluding hydrogens is 210 g/mol. The van der Waals surface area contributed by atoms with Crippen LogP contribution in [0.2, 0.25) is 0 Å². The van der Waals surface area contributed by atoms with Gasteiger partial charge in [0.2, 0.25) is 0 Å². The first-order chi connectivity index (χ1) is 7.20. The molecule has 0 amide bonds. The van der Waals surface area contributed by atoms with Crippen LogP contribution >= 0.6 is 11.8 Å². The van der Waals surface area contributed by atoms with E-state index in [4.69, 9.17) is 4.74 Å². The number of hydrogen-bond acceptors (Lipinski definition) is 4. The number of aliphatic hydroxyl groups is 1. The average Bonchev–Trinajstić information content (AvgIpc) is 2.85. The van der Waals surface area contributed by atoms with E-state index in [0.29, 0.717) is 12.0 Å². The number of hydrogen-bond donors (Lipinski definition) is 2. The molecule has 0 aromatic carbocycles. The van der Waals surface area contributed by atoms with Crippen molar-refractivity contribution in [2.24, 2.45) is 5.92 Å². The Labute approximate surface area is 96.0 Å². The lowest BCUT2D eigenvalue weighted by atomic mass is 9.98. The van der Waals surface area contributed by atoms with Gasteiger partial charge >= 0.3 is 0 Å². The van der Waals surface area contributed by atoms with E-state index >= 15 is 0 Å². The van der Waals surface area contributed by atoms with Crippen LogP contribution < -0.4 is 5.32 Å². The van der Waals surface area contributed by atoms with E-state index in [1.54, 1.807) is 0 Å². The summed E-state index contributed by atoms with van der Waals surface area (Å²) in [6.07, 6.45) is 2.08. The molecule has 0 radical (unpaired) electrons. The number of nitrogens with one attached hydrogen (secondary N) is 1. The van der Waals surface area contributed by atoms with Gasteiger partial charge in [0.25, 0.3) is 0 Å². The fourth-order valence-corrected chi connectivity index (χ4v) is 3.50. The third kappa shape index (κ3) is 3.09. The Kier molecular flexibility index (Phi) is 3.93. The fourth-order valence-electron chi connectivity index (χ4n) is 2.20. The second-order valence-corrected chi connectivity index (χ2v) is 5.93. The molecule has 0 bridgehead atoms. The van der Waals surface area contributed by atoms with Gasteiger partial charge in [-0.2, -0.15) is 11.8 Å². The van der Waals surface area contributed by atoms with E-state index in [1.165, 1.54) is 0 Å². The van der Waals surface area contributed by atoms with Crippen LogP contribution in [0.15, 0.2) is 0 Å². The summed E-state index contributed by atoms with van der Waals surface area (Å²) >= 11 is 1.85. The van der Waals surface area contributed by atoms with Crippen LogP contribution in [0.4, 0.5) is 0 Å². The van der Waals surface area contributed by atoms with Gasteiger partial charge in [0.15, 0.2) is 0 Å². The molecule has 3 nitrogen and oxygen atoms in total. The minimum atomic E-state index is -0.460. The largest absolute Gasteiger partial charge is 0.388 e. The van der Waals surface area contributed by atoms with Crippen LogP contribution in [0.1, 0.15) is 19.8 Å². The van der Waals surface area contributed by atoms with Crippen LogP contribution in [0, 0.1) is 5.92 Å². The van der Waals surface area contributed by atoms with E-state index in [-0.39, 0.29) is 0 Å². The second-order valence-electron chi connectivity index (χ2n) is 4.82. The maximum atomic E-state index is 10.2. The van der Waals surface area contributed by atoms with Gasteiger partial charge in [-0.15, -0.1) is 0 Å². The molecule has 0 aromatic rings. The minimum absolute atomic E-state index is 0.460. The van der Waals surface area contributed by atoms with E-state index in [9.17, 15) is 5.11 Å². The SMILES string of the molecule is CC(NCC1(O)CCSC1)C1CCOC1. The first-order valence-electron chi connectivity index (χ1n) is 5.81. The van der Waals surface area contributed by atoms with Crippen molar-refractivity contribution in [1.82, 2.24) is 5.32 Å². The Balaban J connectivity index is 1.72. The number of ether oxygens (including phenoxy) is 1. The molecule has 0 aromatic heterocycles. The first-order valence-corrected chi connectivity index (χ1v) is 6.96. The van der Waals surface area contributed by atoms with Crippen molar-refractivity contribution >= 4 is 11.8 Å². The third-order valence-corrected chi connectivity index (χ3v) is 4.74. The van der Waals surface area contributed by atoms with Crippen molar-refractivity contribution in [3.8, 4) is 0 Å². The van der Waals surface area contributed by atoms with E-state index in [1.807, 2.05) is 11.8 Å². The lowest BCUT2D eigenvalue weighted by Gasteiger charge is -2.26. The van der Waals surface area contributed by atoms with Crippen molar-refractivity contribution in [3.05, 3.63) is 0 Å². The molecule has 88 valence electrons. The van der Waals surface area contributed by atoms with Crippen molar-refractivity contribution in [2.45, 2.75) is 31.4 Å². The molecule has 2 heterocycles. The molecule has 2 N–H and O–H groups in total. The summed E-state index contributed by atoms with van der Waals surface area (Å²) in [5, 5.41) is 13.6. The zero-order valence-electron chi connectivity index (χ0n) is 9.37. The Hall–Kier alpha value is 0.230. The molecule has 2 saturated heterocycles. The molecule has 2 fully saturated rings. The number of thioether (sulfide) groups is 1. The quantitative estimate of drug-likeness (QED) is 0.753. The standard InChI is InChI=1S/C11H21NO2S/c1-9(10-2-4-14-6-10)12-7-11(13)3-5-15-8-11/h9-10,12-13H,2-8H2,1H3. The number of rotatable bonds is 4. The predicted molar refractivity (Wildman–Crippen MR) is 63.3 cm³/mol. The van der Waals surface area contributed by atoms with Gasteiger partial charge in [-0.3, -0.25) is 0 Å². The summed E-state index contributed by atoms with van der Waals surface area (Å²) in [5.41, 5.74) is -0.460. The highest BCUT2D eigenvalue weighted by Gasteiger charge is 2.32. The highest BCUT2D eigenvalue weighted by atomic mass is 32.2. The van der Waals surface area contributed by atoms with Crippen LogP contribution in [-0.2, 0) is 4.74 Å². The van der Waals surface area contributed by atoms with Crippen LogP contribution in [0.5, 0.6) is 0 Å². The van der Waals surface area contributed by atoms with Crippen molar-refractivity contribution in [1.29, 1.82) is 0 Å². The molecule has 2 aliphatic heterocycles. The minimum Gasteiger partial charge on any atom is -0.388 e. The highest BCUT2D eigenvalue weighted by molar-refractivity contribution is 7.99. The molecule has 2 aliphatic rings. The molecule has 0 aliphatic carbocycles. The lowest BCUT2D eigenvalue weighted by molar-refractivity contribution is 0.0621. The van der Waals surface area contributed by atoms with Crippen LogP contribution in [-0.4, -0.2) is 48.0 Å². The topological polar surface area (TPSA) is 41.5 Å². The molecule has 15 heavy (non-hydrogen) atoms. The Bertz CT molecular complexity index is 201. The molecular formula is C11H21NO2S. The summed E-state index contributed by atoms with van der Waals surface area (Å²) in [5.74, 6) is 2.61. The summed E-state index contributed by atoms with van der Waals surface area (Å²) in [7, 11) is 0. The zero-order valence-corrected chi connectivity index (χ0v) is 10.2. The van der Waals surface area contributed by atoms with Gasteiger partial charge < -0.3 is 15.2 Å².